The molecule has 1 N–H and O–H groups in total. The Morgan fingerprint density at radius 3 is 2.68 bits per heavy atom. The van der Waals surface area contributed by atoms with Gasteiger partial charge in [0, 0.05) is 32.0 Å². The third-order valence-corrected chi connectivity index (χ3v) is 3.93. The van der Waals surface area contributed by atoms with Gasteiger partial charge in [-0.05, 0) is 32.1 Å². The fourth-order valence-corrected chi connectivity index (χ4v) is 2.56. The molecule has 2 amide bonds. The summed E-state index contributed by atoms with van der Waals surface area (Å²) in [6.45, 7) is 6.44. The second-order valence-electron chi connectivity index (χ2n) is 5.35. The van der Waals surface area contributed by atoms with Crippen LogP contribution in [0.1, 0.15) is 58.8 Å². The van der Waals surface area contributed by atoms with Gasteiger partial charge < -0.3 is 10.2 Å². The van der Waals surface area contributed by atoms with Gasteiger partial charge in [-0.3, -0.25) is 9.59 Å². The number of carbonyl (C=O) groups excluding carboxylic acids is 2. The molecule has 0 unspecified atom stereocenters. The Hall–Kier alpha value is -1.06. The van der Waals surface area contributed by atoms with Crippen molar-refractivity contribution in [2.24, 2.45) is 5.92 Å². The third kappa shape index (κ3) is 5.62. The Balaban J connectivity index is 2.19. The smallest absolute Gasteiger partial charge is 0.223 e. The van der Waals surface area contributed by atoms with Crippen LogP contribution in [0.4, 0.5) is 0 Å². The first-order valence-corrected chi connectivity index (χ1v) is 7.74. The van der Waals surface area contributed by atoms with Gasteiger partial charge in [-0.1, -0.05) is 20.3 Å². The lowest BCUT2D eigenvalue weighted by Gasteiger charge is -2.20. The topological polar surface area (TPSA) is 49.4 Å². The van der Waals surface area contributed by atoms with E-state index >= 15 is 0 Å². The molecule has 4 nitrogen and oxygen atoms in total. The zero-order valence-corrected chi connectivity index (χ0v) is 12.4. The minimum Gasteiger partial charge on any atom is -0.356 e. The van der Waals surface area contributed by atoms with Gasteiger partial charge in [-0.2, -0.15) is 0 Å². The average molecular weight is 268 g/mol. The van der Waals surface area contributed by atoms with Gasteiger partial charge in [0.05, 0.1) is 0 Å². The Bertz CT molecular complexity index is 288. The van der Waals surface area contributed by atoms with Crippen LogP contribution in [-0.2, 0) is 9.59 Å². The van der Waals surface area contributed by atoms with Crippen molar-refractivity contribution in [2.45, 2.75) is 58.8 Å². The molecule has 1 heterocycles. The molecule has 1 aliphatic rings. The monoisotopic (exact) mass is 268 g/mol. The molecule has 0 atom stereocenters. The highest BCUT2D eigenvalue weighted by atomic mass is 16.2. The molecule has 0 spiro atoms. The molecule has 19 heavy (non-hydrogen) atoms. The SMILES string of the molecule is CCC(CC)C(=O)NCCCN1CCCCCC1=O. The number of carbonyl (C=O) groups is 2. The maximum absolute atomic E-state index is 11.8. The average Bonchev–Trinajstić information content (AvgIpc) is 2.61. The number of likely N-dealkylation sites (tertiary alicyclic amines) is 1. The molecule has 1 rings (SSSR count). The summed E-state index contributed by atoms with van der Waals surface area (Å²) in [5.41, 5.74) is 0. The van der Waals surface area contributed by atoms with Crippen LogP contribution < -0.4 is 5.32 Å². The normalized spacial score (nSPS) is 16.6. The molecule has 1 aliphatic heterocycles. The van der Waals surface area contributed by atoms with Crippen LogP contribution in [0.3, 0.4) is 0 Å². The van der Waals surface area contributed by atoms with E-state index < -0.39 is 0 Å². The molecule has 4 heteroatoms. The van der Waals surface area contributed by atoms with Crippen LogP contribution in [0, 0.1) is 5.92 Å². The van der Waals surface area contributed by atoms with E-state index in [4.69, 9.17) is 0 Å². The molecule has 0 bridgehead atoms. The van der Waals surface area contributed by atoms with Crippen molar-refractivity contribution < 1.29 is 9.59 Å². The highest BCUT2D eigenvalue weighted by Crippen LogP contribution is 2.11. The quantitative estimate of drug-likeness (QED) is 0.720. The highest BCUT2D eigenvalue weighted by molar-refractivity contribution is 5.78. The van der Waals surface area contributed by atoms with Crippen molar-refractivity contribution in [3.8, 4) is 0 Å². The van der Waals surface area contributed by atoms with Crippen LogP contribution in [0.5, 0.6) is 0 Å². The number of hydrogen-bond acceptors (Lipinski definition) is 2. The standard InChI is InChI=1S/C15H28N2O2/c1-3-13(4-2)15(19)16-10-8-12-17-11-7-5-6-9-14(17)18/h13H,3-12H2,1-2H3,(H,16,19). The molecule has 1 saturated heterocycles. The molecular weight excluding hydrogens is 240 g/mol. The second-order valence-corrected chi connectivity index (χ2v) is 5.35. The maximum atomic E-state index is 11.8. The van der Waals surface area contributed by atoms with Crippen LogP contribution in [0.15, 0.2) is 0 Å². The van der Waals surface area contributed by atoms with Gasteiger partial charge in [0.1, 0.15) is 0 Å². The lowest BCUT2D eigenvalue weighted by Crippen LogP contribution is -2.35. The lowest BCUT2D eigenvalue weighted by molar-refractivity contribution is -0.130. The summed E-state index contributed by atoms with van der Waals surface area (Å²) in [5, 5.41) is 2.98. The van der Waals surface area contributed by atoms with Crippen LogP contribution >= 0.6 is 0 Å². The van der Waals surface area contributed by atoms with Crippen molar-refractivity contribution in [1.29, 1.82) is 0 Å². The van der Waals surface area contributed by atoms with E-state index in [1.165, 1.54) is 0 Å². The molecule has 0 aromatic heterocycles. The second kappa shape index (κ2) is 8.94. The maximum Gasteiger partial charge on any atom is 0.223 e. The fraction of sp³-hybridized carbons (Fsp3) is 0.867. The zero-order valence-electron chi connectivity index (χ0n) is 12.4. The molecule has 0 aliphatic carbocycles. The zero-order chi connectivity index (χ0) is 14.1. The molecule has 0 aromatic carbocycles. The summed E-state index contributed by atoms with van der Waals surface area (Å²) in [4.78, 5) is 25.5. The first-order chi connectivity index (χ1) is 9.19. The van der Waals surface area contributed by atoms with Crippen LogP contribution in [0.25, 0.3) is 0 Å². The van der Waals surface area contributed by atoms with Crippen molar-refractivity contribution in [2.75, 3.05) is 19.6 Å². The van der Waals surface area contributed by atoms with E-state index in [2.05, 4.69) is 5.32 Å². The van der Waals surface area contributed by atoms with E-state index in [9.17, 15) is 9.59 Å². The van der Waals surface area contributed by atoms with E-state index in [1.807, 2.05) is 18.7 Å². The van der Waals surface area contributed by atoms with Crippen molar-refractivity contribution in [3.05, 3.63) is 0 Å². The number of rotatable bonds is 7. The summed E-state index contributed by atoms with van der Waals surface area (Å²) >= 11 is 0. The Labute approximate surface area is 116 Å². The molecule has 1 fully saturated rings. The largest absolute Gasteiger partial charge is 0.356 e. The molecular formula is C15H28N2O2. The van der Waals surface area contributed by atoms with Crippen molar-refractivity contribution in [1.82, 2.24) is 10.2 Å². The first-order valence-electron chi connectivity index (χ1n) is 7.74. The number of nitrogens with zero attached hydrogens (tertiary/aromatic N) is 1. The molecule has 0 saturated carbocycles. The summed E-state index contributed by atoms with van der Waals surface area (Å²) < 4.78 is 0. The summed E-state index contributed by atoms with van der Waals surface area (Å²) in [7, 11) is 0. The predicted molar refractivity (Wildman–Crippen MR) is 76.7 cm³/mol. The van der Waals surface area contributed by atoms with Crippen molar-refractivity contribution >= 4 is 11.8 Å². The van der Waals surface area contributed by atoms with Crippen LogP contribution in [0.2, 0.25) is 0 Å². The Kier molecular flexibility index (Phi) is 7.53. The summed E-state index contributed by atoms with van der Waals surface area (Å²) in [6, 6.07) is 0. The predicted octanol–water partition coefficient (Wildman–Crippen LogP) is 2.33. The highest BCUT2D eigenvalue weighted by Gasteiger charge is 2.16. The van der Waals surface area contributed by atoms with Gasteiger partial charge in [0.2, 0.25) is 11.8 Å². The van der Waals surface area contributed by atoms with Crippen LogP contribution in [-0.4, -0.2) is 36.3 Å². The van der Waals surface area contributed by atoms with Gasteiger partial charge >= 0.3 is 0 Å². The fourth-order valence-electron chi connectivity index (χ4n) is 2.56. The first kappa shape index (κ1) is 16.0. The number of amides is 2. The number of nitrogens with one attached hydrogen (secondary N) is 1. The van der Waals surface area contributed by atoms with Gasteiger partial charge in [-0.25, -0.2) is 0 Å². The molecule has 110 valence electrons. The minimum absolute atomic E-state index is 0.139. The molecule has 0 radical (unpaired) electrons. The third-order valence-electron chi connectivity index (χ3n) is 3.93. The van der Waals surface area contributed by atoms with Gasteiger partial charge in [-0.15, -0.1) is 0 Å². The Morgan fingerprint density at radius 2 is 2.00 bits per heavy atom. The lowest BCUT2D eigenvalue weighted by atomic mass is 10.0. The van der Waals surface area contributed by atoms with Gasteiger partial charge in [0.25, 0.3) is 0 Å². The molecule has 0 aromatic rings. The number of hydrogen-bond donors (Lipinski definition) is 1. The van der Waals surface area contributed by atoms with E-state index in [-0.39, 0.29) is 17.7 Å². The van der Waals surface area contributed by atoms with Gasteiger partial charge in [0.15, 0.2) is 0 Å². The Morgan fingerprint density at radius 1 is 1.26 bits per heavy atom. The van der Waals surface area contributed by atoms with E-state index in [0.717, 1.165) is 51.6 Å². The summed E-state index contributed by atoms with van der Waals surface area (Å²) in [6.07, 6.45) is 6.65. The van der Waals surface area contributed by atoms with E-state index in [0.29, 0.717) is 13.0 Å². The van der Waals surface area contributed by atoms with E-state index in [1.54, 1.807) is 0 Å². The summed E-state index contributed by atoms with van der Waals surface area (Å²) in [5.74, 6) is 0.579. The van der Waals surface area contributed by atoms with Crippen molar-refractivity contribution in [3.63, 3.8) is 0 Å². The minimum atomic E-state index is 0.139.